The van der Waals surface area contributed by atoms with Crippen LogP contribution in [0.25, 0.3) is 22.6 Å². The number of benzene rings is 1. The van der Waals surface area contributed by atoms with Gasteiger partial charge in [0.1, 0.15) is 22.7 Å². The normalized spacial score (nSPS) is 14.1. The molecule has 4 rings (SSSR count). The number of rotatable bonds is 3. The quantitative estimate of drug-likeness (QED) is 0.553. The van der Waals surface area contributed by atoms with E-state index in [1.54, 1.807) is 17.0 Å². The average molecular weight is 476 g/mol. The van der Waals surface area contributed by atoms with Crippen molar-refractivity contribution in [1.29, 1.82) is 0 Å². The van der Waals surface area contributed by atoms with Crippen molar-refractivity contribution in [3.8, 4) is 17.1 Å². The minimum atomic E-state index is -0.529. The lowest BCUT2D eigenvalue weighted by Gasteiger charge is -2.36. The highest BCUT2D eigenvalue weighted by molar-refractivity contribution is 7.93. The van der Waals surface area contributed by atoms with Crippen molar-refractivity contribution in [1.82, 2.24) is 18.8 Å². The number of carbonyl (C=O) groups is 1. The number of ether oxygens (including phenoxy) is 1. The van der Waals surface area contributed by atoms with E-state index >= 15 is 0 Å². The molecule has 0 aliphatic carbocycles. The predicted molar refractivity (Wildman–Crippen MR) is 130 cm³/mol. The summed E-state index contributed by atoms with van der Waals surface area (Å²) in [7, 11) is 0. The number of anilines is 1. The highest BCUT2D eigenvalue weighted by Crippen LogP contribution is 2.31. The maximum Gasteiger partial charge on any atom is 0.410 e. The molecule has 1 aliphatic heterocycles. The number of hydrogen-bond donors (Lipinski definition) is 1. The number of aromatic hydroxyl groups is 1. The fourth-order valence-electron chi connectivity index (χ4n) is 3.41. The highest BCUT2D eigenvalue weighted by atomic mass is 32.2. The molecule has 3 heterocycles. The van der Waals surface area contributed by atoms with Crippen molar-refractivity contribution in [2.45, 2.75) is 40.2 Å². The number of imidazole rings is 1. The number of aromatic nitrogens is 3. The van der Waals surface area contributed by atoms with E-state index in [1.807, 2.05) is 46.8 Å². The van der Waals surface area contributed by atoms with E-state index in [1.165, 1.54) is 16.1 Å². The number of phenols is 1. The standard InChI is InChI=1S/C21H24FN5O3S.C2H6/c1-21(2,3)30-20(29)26-12-10-25(11-13-26)17-9-8-16-19(24-17)27(31-22)18(23-16)14-4-6-15(28)7-5-14;1-2/h4-9,28H,10-13H2,1-3H3;1-2H3. The van der Waals surface area contributed by atoms with Gasteiger partial charge in [-0.3, -0.25) is 0 Å². The summed E-state index contributed by atoms with van der Waals surface area (Å²) in [4.78, 5) is 25.2. The Labute approximate surface area is 197 Å². The molecule has 1 aromatic carbocycles. The Morgan fingerprint density at radius 3 is 2.24 bits per heavy atom. The molecule has 0 saturated carbocycles. The SMILES string of the molecule is CC.CC(C)(C)OC(=O)N1CCN(c2ccc3nc(-c4ccc(O)cc4)n(SF)c3n2)CC1. The van der Waals surface area contributed by atoms with Crippen LogP contribution in [-0.2, 0) is 4.74 Å². The molecule has 8 nitrogen and oxygen atoms in total. The molecule has 0 radical (unpaired) electrons. The number of nitrogens with zero attached hydrogens (tertiary/aromatic N) is 5. The highest BCUT2D eigenvalue weighted by Gasteiger charge is 2.27. The molecular weight excluding hydrogens is 445 g/mol. The van der Waals surface area contributed by atoms with Crippen molar-refractivity contribution in [3.63, 3.8) is 0 Å². The number of carbonyl (C=O) groups excluding carboxylic acids is 1. The largest absolute Gasteiger partial charge is 0.508 e. The van der Waals surface area contributed by atoms with E-state index in [4.69, 9.17) is 4.74 Å². The Morgan fingerprint density at radius 2 is 1.67 bits per heavy atom. The zero-order valence-corrected chi connectivity index (χ0v) is 20.4. The average Bonchev–Trinajstić information content (AvgIpc) is 3.17. The monoisotopic (exact) mass is 475 g/mol. The number of piperazine rings is 1. The Hall–Kier alpha value is -3.01. The van der Waals surface area contributed by atoms with Crippen LogP contribution in [0.15, 0.2) is 36.4 Å². The smallest absolute Gasteiger partial charge is 0.410 e. The molecule has 1 N–H and O–H groups in total. The van der Waals surface area contributed by atoms with Gasteiger partial charge >= 0.3 is 6.09 Å². The zero-order valence-electron chi connectivity index (χ0n) is 19.6. The number of halogens is 1. The Kier molecular flexibility index (Phi) is 7.68. The fourth-order valence-corrected chi connectivity index (χ4v) is 3.82. The Morgan fingerprint density at radius 1 is 1.03 bits per heavy atom. The van der Waals surface area contributed by atoms with Gasteiger partial charge in [0.2, 0.25) is 0 Å². The molecule has 0 spiro atoms. The van der Waals surface area contributed by atoms with E-state index < -0.39 is 5.60 Å². The van der Waals surface area contributed by atoms with Gasteiger partial charge in [-0.15, -0.1) is 3.89 Å². The van der Waals surface area contributed by atoms with Crippen molar-refractivity contribution in [2.24, 2.45) is 0 Å². The number of pyridine rings is 1. The molecule has 1 aliphatic rings. The minimum absolute atomic E-state index is 0.0367. The summed E-state index contributed by atoms with van der Waals surface area (Å²) in [5.41, 5.74) is 1.14. The van der Waals surface area contributed by atoms with Gasteiger partial charge in [0.05, 0.1) is 0 Å². The summed E-state index contributed by atoms with van der Waals surface area (Å²) in [6.45, 7) is 11.8. The molecular formula is C23H30FN5O3S. The Bertz CT molecular complexity index is 1090. The van der Waals surface area contributed by atoms with Gasteiger partial charge < -0.3 is 19.6 Å². The maximum absolute atomic E-state index is 13.8. The van der Waals surface area contributed by atoms with E-state index in [0.29, 0.717) is 54.5 Å². The minimum Gasteiger partial charge on any atom is -0.508 e. The predicted octanol–water partition coefficient (Wildman–Crippen LogP) is 5.27. The first-order valence-electron chi connectivity index (χ1n) is 11.0. The van der Waals surface area contributed by atoms with Crippen molar-refractivity contribution >= 4 is 35.4 Å². The molecule has 33 heavy (non-hydrogen) atoms. The van der Waals surface area contributed by atoms with Crippen LogP contribution in [0.1, 0.15) is 34.6 Å². The number of phenolic OH excluding ortho intramolecular Hbond substituents is 1. The van der Waals surface area contributed by atoms with E-state index in [9.17, 15) is 13.8 Å². The summed E-state index contributed by atoms with van der Waals surface area (Å²) in [5, 5.41) is 9.50. The van der Waals surface area contributed by atoms with Crippen molar-refractivity contribution in [2.75, 3.05) is 31.1 Å². The lowest BCUT2D eigenvalue weighted by atomic mass is 10.2. The summed E-state index contributed by atoms with van der Waals surface area (Å²) < 4.78 is 20.6. The van der Waals surface area contributed by atoms with Gasteiger partial charge in [-0.25, -0.2) is 18.7 Å². The van der Waals surface area contributed by atoms with Gasteiger partial charge in [-0.1, -0.05) is 13.8 Å². The van der Waals surface area contributed by atoms with Crippen LogP contribution in [0.4, 0.5) is 14.5 Å². The molecule has 0 atom stereocenters. The number of amides is 1. The van der Waals surface area contributed by atoms with Crippen molar-refractivity contribution < 1.29 is 18.5 Å². The lowest BCUT2D eigenvalue weighted by molar-refractivity contribution is 0.0240. The number of hydrogen-bond acceptors (Lipinski definition) is 7. The summed E-state index contributed by atoms with van der Waals surface area (Å²) >= 11 is 0.0367. The zero-order chi connectivity index (χ0) is 24.2. The van der Waals surface area contributed by atoms with Gasteiger partial charge in [0.25, 0.3) is 0 Å². The van der Waals surface area contributed by atoms with Gasteiger partial charge in [-0.2, -0.15) is 0 Å². The fraction of sp³-hybridized carbons (Fsp3) is 0.435. The molecule has 1 saturated heterocycles. The first-order valence-corrected chi connectivity index (χ1v) is 11.6. The van der Waals surface area contributed by atoms with Crippen molar-refractivity contribution in [3.05, 3.63) is 36.4 Å². The molecule has 1 fully saturated rings. The van der Waals surface area contributed by atoms with Crippen LogP contribution in [-0.4, -0.2) is 61.8 Å². The molecule has 10 heteroatoms. The third kappa shape index (κ3) is 5.68. The summed E-state index contributed by atoms with van der Waals surface area (Å²) in [6, 6.07) is 10.1. The second-order valence-corrected chi connectivity index (χ2v) is 8.82. The maximum atomic E-state index is 13.8. The van der Waals surface area contributed by atoms with Crippen LogP contribution < -0.4 is 4.90 Å². The van der Waals surface area contributed by atoms with E-state index in [0.717, 1.165) is 0 Å². The molecule has 0 unspecified atom stereocenters. The van der Waals surface area contributed by atoms with Crippen LogP contribution in [0, 0.1) is 0 Å². The molecule has 1 amide bonds. The molecule has 2 aromatic heterocycles. The van der Waals surface area contributed by atoms with Crippen LogP contribution in [0.3, 0.4) is 0 Å². The second kappa shape index (κ2) is 10.3. The first-order chi connectivity index (χ1) is 15.7. The summed E-state index contributed by atoms with van der Waals surface area (Å²) in [5.74, 6) is 1.25. The first kappa shape index (κ1) is 24.6. The number of fused-ring (bicyclic) bond motifs is 1. The second-order valence-electron chi connectivity index (χ2n) is 8.31. The summed E-state index contributed by atoms with van der Waals surface area (Å²) in [6.07, 6.45) is -0.319. The third-order valence-corrected chi connectivity index (χ3v) is 5.38. The third-order valence-electron chi connectivity index (χ3n) is 4.90. The van der Waals surface area contributed by atoms with Gasteiger partial charge in [-0.05, 0) is 57.2 Å². The van der Waals surface area contributed by atoms with Gasteiger partial charge in [0, 0.05) is 31.7 Å². The molecule has 0 bridgehead atoms. The van der Waals surface area contributed by atoms with E-state index in [2.05, 4.69) is 14.9 Å². The van der Waals surface area contributed by atoms with E-state index in [-0.39, 0.29) is 24.2 Å². The molecule has 3 aromatic rings. The lowest BCUT2D eigenvalue weighted by Crippen LogP contribution is -2.50. The Balaban J connectivity index is 0.00000149. The molecule has 178 valence electrons. The van der Waals surface area contributed by atoms with Crippen LogP contribution >= 0.6 is 12.3 Å². The van der Waals surface area contributed by atoms with Crippen LogP contribution in [0.2, 0.25) is 0 Å². The van der Waals surface area contributed by atoms with Gasteiger partial charge in [0.15, 0.2) is 23.8 Å². The topological polar surface area (TPSA) is 83.7 Å². The van der Waals surface area contributed by atoms with Crippen LogP contribution in [0.5, 0.6) is 5.75 Å².